The third kappa shape index (κ3) is 5.25. The van der Waals surface area contributed by atoms with E-state index in [2.05, 4.69) is 15.3 Å². The second-order valence-electron chi connectivity index (χ2n) is 8.92. The van der Waals surface area contributed by atoms with Crippen LogP contribution in [0.25, 0.3) is 5.69 Å². The van der Waals surface area contributed by atoms with E-state index in [0.29, 0.717) is 11.3 Å². The molecule has 2 heterocycles. The summed E-state index contributed by atoms with van der Waals surface area (Å²) in [5.74, 6) is 0.221. The Morgan fingerprint density at radius 3 is 2.36 bits per heavy atom. The van der Waals surface area contributed by atoms with Gasteiger partial charge in [0.1, 0.15) is 17.7 Å². The van der Waals surface area contributed by atoms with Crippen molar-refractivity contribution < 1.29 is 13.9 Å². The minimum Gasteiger partial charge on any atom is -0.490 e. The lowest BCUT2D eigenvalue weighted by Gasteiger charge is -2.36. The number of amides is 1. The molecule has 0 bridgehead atoms. The number of hydrogen-bond donors (Lipinski definition) is 1. The zero-order valence-corrected chi connectivity index (χ0v) is 18.6. The highest BCUT2D eigenvalue weighted by atomic mass is 19.1. The van der Waals surface area contributed by atoms with E-state index >= 15 is 0 Å². The van der Waals surface area contributed by atoms with E-state index < -0.39 is 0 Å². The fraction of sp³-hybridized carbons (Fsp3) is 0.385. The van der Waals surface area contributed by atoms with Gasteiger partial charge in [-0.05, 0) is 74.2 Å². The summed E-state index contributed by atoms with van der Waals surface area (Å²) in [7, 11) is 0. The van der Waals surface area contributed by atoms with Gasteiger partial charge in [-0.2, -0.15) is 5.10 Å². The van der Waals surface area contributed by atoms with Crippen LogP contribution in [-0.2, 0) is 0 Å². The lowest BCUT2D eigenvalue weighted by atomic mass is 10.0. The average molecular weight is 449 g/mol. The highest BCUT2D eigenvalue weighted by Crippen LogP contribution is 2.27. The van der Waals surface area contributed by atoms with Crippen molar-refractivity contribution in [3.63, 3.8) is 0 Å². The Morgan fingerprint density at radius 2 is 1.67 bits per heavy atom. The van der Waals surface area contributed by atoms with E-state index in [1.54, 1.807) is 10.9 Å². The maximum absolute atomic E-state index is 13.0. The van der Waals surface area contributed by atoms with Gasteiger partial charge in [0.2, 0.25) is 0 Å². The minimum absolute atomic E-state index is 0.264. The highest BCUT2D eigenvalue weighted by molar-refractivity contribution is 6.03. The van der Waals surface area contributed by atoms with E-state index in [9.17, 15) is 9.18 Å². The SMILES string of the molecule is O=C(Nc1ccc(F)cc1)c1cnn(-c2ccc(OC3CCN(C4CCCC4)CC3)cc2)c1. The molecule has 1 aromatic heterocycles. The fourth-order valence-corrected chi connectivity index (χ4v) is 4.82. The normalized spacial score (nSPS) is 17.8. The van der Waals surface area contributed by atoms with Crippen molar-refractivity contribution in [1.29, 1.82) is 0 Å². The van der Waals surface area contributed by atoms with Crippen molar-refractivity contribution >= 4 is 11.6 Å². The van der Waals surface area contributed by atoms with Crippen molar-refractivity contribution in [3.05, 3.63) is 72.3 Å². The van der Waals surface area contributed by atoms with Crippen LogP contribution in [0, 0.1) is 5.82 Å². The van der Waals surface area contributed by atoms with Crippen molar-refractivity contribution in [2.24, 2.45) is 0 Å². The lowest BCUT2D eigenvalue weighted by Crippen LogP contribution is -2.43. The van der Waals surface area contributed by atoms with Crippen molar-refractivity contribution in [1.82, 2.24) is 14.7 Å². The van der Waals surface area contributed by atoms with E-state index in [4.69, 9.17) is 4.74 Å². The van der Waals surface area contributed by atoms with E-state index in [-0.39, 0.29) is 17.8 Å². The van der Waals surface area contributed by atoms with Gasteiger partial charge in [0.05, 0.1) is 17.4 Å². The van der Waals surface area contributed by atoms with E-state index in [0.717, 1.165) is 43.4 Å². The van der Waals surface area contributed by atoms with Gasteiger partial charge in [-0.1, -0.05) is 12.8 Å². The van der Waals surface area contributed by atoms with Crippen LogP contribution in [-0.4, -0.2) is 45.8 Å². The van der Waals surface area contributed by atoms with E-state index in [1.807, 2.05) is 24.3 Å². The minimum atomic E-state index is -0.345. The number of piperidine rings is 1. The van der Waals surface area contributed by atoms with Crippen LogP contribution in [0.4, 0.5) is 10.1 Å². The van der Waals surface area contributed by atoms with Crippen molar-refractivity contribution in [2.45, 2.75) is 50.7 Å². The van der Waals surface area contributed by atoms with Crippen LogP contribution in [0.1, 0.15) is 48.9 Å². The number of nitrogens with one attached hydrogen (secondary N) is 1. The maximum Gasteiger partial charge on any atom is 0.258 e. The number of carbonyl (C=O) groups is 1. The van der Waals surface area contributed by atoms with Crippen LogP contribution in [0.2, 0.25) is 0 Å². The lowest BCUT2D eigenvalue weighted by molar-refractivity contribution is 0.0768. The first-order valence-corrected chi connectivity index (χ1v) is 11.8. The quantitative estimate of drug-likeness (QED) is 0.573. The summed E-state index contributed by atoms with van der Waals surface area (Å²) in [6, 6.07) is 14.3. The largest absolute Gasteiger partial charge is 0.490 e. The molecule has 33 heavy (non-hydrogen) atoms. The monoisotopic (exact) mass is 448 g/mol. The number of likely N-dealkylation sites (tertiary alicyclic amines) is 1. The number of anilines is 1. The van der Waals surface area contributed by atoms with Gasteiger partial charge in [0.25, 0.3) is 5.91 Å². The highest BCUT2D eigenvalue weighted by Gasteiger charge is 2.27. The van der Waals surface area contributed by atoms with Crippen LogP contribution in [0.3, 0.4) is 0 Å². The molecular weight excluding hydrogens is 419 g/mol. The summed E-state index contributed by atoms with van der Waals surface area (Å²) in [5.41, 5.74) is 1.80. The van der Waals surface area contributed by atoms with Gasteiger partial charge in [-0.15, -0.1) is 0 Å². The second kappa shape index (κ2) is 9.75. The number of rotatable bonds is 6. The molecule has 0 atom stereocenters. The topological polar surface area (TPSA) is 59.4 Å². The maximum atomic E-state index is 13.0. The predicted octanol–water partition coefficient (Wildman–Crippen LogP) is 5.05. The second-order valence-corrected chi connectivity index (χ2v) is 8.92. The standard InChI is InChI=1S/C26H29FN4O2/c27-20-5-7-21(8-6-20)29-26(32)19-17-28-31(18-19)23-9-11-24(12-10-23)33-25-13-15-30(16-14-25)22-3-1-2-4-22/h5-12,17-18,22,25H,1-4,13-16H2,(H,29,32). The molecule has 2 aromatic carbocycles. The number of halogens is 1. The Bertz CT molecular complexity index is 1070. The predicted molar refractivity (Wildman–Crippen MR) is 125 cm³/mol. The summed E-state index contributed by atoms with van der Waals surface area (Å²) in [6.07, 6.45) is 11.1. The number of carbonyl (C=O) groups excluding carboxylic acids is 1. The molecule has 0 spiro atoms. The Kier molecular flexibility index (Phi) is 6.39. The molecule has 1 aliphatic carbocycles. The van der Waals surface area contributed by atoms with Crippen LogP contribution >= 0.6 is 0 Å². The molecule has 3 aromatic rings. The summed E-state index contributed by atoms with van der Waals surface area (Å²) in [6.45, 7) is 2.26. The van der Waals surface area contributed by atoms with Gasteiger partial charge < -0.3 is 15.0 Å². The fourth-order valence-electron chi connectivity index (χ4n) is 4.82. The van der Waals surface area contributed by atoms with Crippen molar-refractivity contribution in [2.75, 3.05) is 18.4 Å². The first kappa shape index (κ1) is 21.6. The van der Waals surface area contributed by atoms with Crippen LogP contribution in [0.15, 0.2) is 60.9 Å². The molecule has 1 aliphatic heterocycles. The molecular formula is C26H29FN4O2. The Labute approximate surface area is 193 Å². The molecule has 1 saturated carbocycles. The zero-order valence-electron chi connectivity index (χ0n) is 18.6. The van der Waals surface area contributed by atoms with Gasteiger partial charge in [0, 0.05) is 31.0 Å². The molecule has 1 N–H and O–H groups in total. The molecule has 6 nitrogen and oxygen atoms in total. The molecule has 5 rings (SSSR count). The molecule has 172 valence electrons. The van der Waals surface area contributed by atoms with Crippen molar-refractivity contribution in [3.8, 4) is 11.4 Å². The van der Waals surface area contributed by atoms with Gasteiger partial charge in [-0.25, -0.2) is 9.07 Å². The van der Waals surface area contributed by atoms with E-state index in [1.165, 1.54) is 56.1 Å². The van der Waals surface area contributed by atoms with Gasteiger partial charge in [0.15, 0.2) is 0 Å². The van der Waals surface area contributed by atoms with Crippen LogP contribution < -0.4 is 10.1 Å². The van der Waals surface area contributed by atoms with Crippen LogP contribution in [0.5, 0.6) is 5.75 Å². The average Bonchev–Trinajstić information content (AvgIpc) is 3.55. The molecule has 1 amide bonds. The summed E-state index contributed by atoms with van der Waals surface area (Å²) in [5, 5.41) is 7.05. The number of benzene rings is 2. The Balaban J connectivity index is 1.15. The first-order valence-electron chi connectivity index (χ1n) is 11.8. The first-order chi connectivity index (χ1) is 16.1. The molecule has 0 radical (unpaired) electrons. The smallest absolute Gasteiger partial charge is 0.258 e. The number of nitrogens with zero attached hydrogens (tertiary/aromatic N) is 3. The van der Waals surface area contributed by atoms with Gasteiger partial charge >= 0.3 is 0 Å². The Morgan fingerprint density at radius 1 is 0.970 bits per heavy atom. The number of hydrogen-bond acceptors (Lipinski definition) is 4. The molecule has 2 fully saturated rings. The number of ether oxygens (including phenoxy) is 1. The summed E-state index contributed by atoms with van der Waals surface area (Å²) < 4.78 is 20.9. The number of aromatic nitrogens is 2. The third-order valence-corrected chi connectivity index (χ3v) is 6.67. The summed E-state index contributed by atoms with van der Waals surface area (Å²) >= 11 is 0. The molecule has 2 aliphatic rings. The molecule has 7 heteroatoms. The zero-order chi connectivity index (χ0) is 22.6. The van der Waals surface area contributed by atoms with Gasteiger partial charge in [-0.3, -0.25) is 4.79 Å². The summed E-state index contributed by atoms with van der Waals surface area (Å²) in [4.78, 5) is 15.1. The molecule has 1 saturated heterocycles. The third-order valence-electron chi connectivity index (χ3n) is 6.67. The molecule has 0 unspecified atom stereocenters. The Hall–Kier alpha value is -3.19.